The van der Waals surface area contributed by atoms with Crippen molar-refractivity contribution in [2.75, 3.05) is 26.2 Å². The van der Waals surface area contributed by atoms with Gasteiger partial charge in [0.2, 0.25) is 0 Å². The van der Waals surface area contributed by atoms with Gasteiger partial charge in [-0.3, -0.25) is 9.69 Å². The number of furan rings is 1. The summed E-state index contributed by atoms with van der Waals surface area (Å²) in [5.41, 5.74) is 0.840. The molecule has 3 aromatic rings. The van der Waals surface area contributed by atoms with Crippen molar-refractivity contribution >= 4 is 75.5 Å². The van der Waals surface area contributed by atoms with E-state index >= 15 is 0 Å². The summed E-state index contributed by atoms with van der Waals surface area (Å²) in [6, 6.07) is 7.57. The predicted octanol–water partition coefficient (Wildman–Crippen LogP) is 7.88. The van der Waals surface area contributed by atoms with E-state index in [9.17, 15) is 9.18 Å². The fraction of sp³-hybridized carbons (Fsp3) is 0.261. The first-order valence-corrected chi connectivity index (χ1v) is 12.6. The fourth-order valence-corrected chi connectivity index (χ4v) is 5.04. The minimum absolute atomic E-state index is 0.0220. The highest BCUT2D eigenvalue weighted by Crippen LogP contribution is 2.48. The number of carbonyl (C=O) groups is 1. The summed E-state index contributed by atoms with van der Waals surface area (Å²) >= 11 is 36.6. The van der Waals surface area contributed by atoms with Crippen LogP contribution in [0.25, 0.3) is 0 Å². The van der Waals surface area contributed by atoms with Gasteiger partial charge in [-0.25, -0.2) is 4.39 Å². The van der Waals surface area contributed by atoms with Crippen LogP contribution >= 0.6 is 69.6 Å². The molecule has 186 valence electrons. The number of hydrogen-bond donors (Lipinski definition) is 0. The minimum Gasteiger partial charge on any atom is -0.482 e. The molecular weight excluding hydrogens is 584 g/mol. The van der Waals surface area contributed by atoms with E-state index in [1.807, 2.05) is 0 Å². The molecule has 12 heteroatoms. The zero-order chi connectivity index (χ0) is 25.3. The van der Waals surface area contributed by atoms with Gasteiger partial charge in [0.05, 0.1) is 15.1 Å². The summed E-state index contributed by atoms with van der Waals surface area (Å²) < 4.78 is 24.6. The number of amides is 1. The van der Waals surface area contributed by atoms with Gasteiger partial charge in [-0.2, -0.15) is 0 Å². The van der Waals surface area contributed by atoms with Gasteiger partial charge in [0.1, 0.15) is 28.2 Å². The van der Waals surface area contributed by atoms with Crippen LogP contribution in [-0.2, 0) is 13.2 Å². The lowest BCUT2D eigenvalue weighted by molar-refractivity contribution is 0.0594. The highest BCUT2D eigenvalue weighted by molar-refractivity contribution is 6.55. The molecule has 5 nitrogen and oxygen atoms in total. The van der Waals surface area contributed by atoms with Crippen LogP contribution in [0.2, 0.25) is 30.1 Å². The molecule has 1 aliphatic heterocycles. The van der Waals surface area contributed by atoms with Gasteiger partial charge in [0.25, 0.3) is 5.91 Å². The van der Waals surface area contributed by atoms with Crippen LogP contribution in [0.5, 0.6) is 5.75 Å². The zero-order valence-corrected chi connectivity index (χ0v) is 22.4. The molecule has 1 saturated heterocycles. The Kier molecular flexibility index (Phi) is 8.65. The number of ether oxygens (including phenoxy) is 1. The zero-order valence-electron chi connectivity index (χ0n) is 17.9. The first-order valence-electron chi connectivity index (χ1n) is 10.3. The van der Waals surface area contributed by atoms with Crippen LogP contribution in [0, 0.1) is 5.82 Å². The average molecular weight is 601 g/mol. The Labute approximate surface area is 231 Å². The van der Waals surface area contributed by atoms with E-state index in [1.165, 1.54) is 12.1 Å². The maximum atomic E-state index is 13.3. The van der Waals surface area contributed by atoms with Gasteiger partial charge in [-0.05, 0) is 29.8 Å². The van der Waals surface area contributed by atoms with Crippen molar-refractivity contribution in [2.24, 2.45) is 0 Å². The van der Waals surface area contributed by atoms with Gasteiger partial charge < -0.3 is 14.1 Å². The third-order valence-electron chi connectivity index (χ3n) is 5.47. The average Bonchev–Trinajstić information content (AvgIpc) is 3.32. The van der Waals surface area contributed by atoms with E-state index in [4.69, 9.17) is 78.8 Å². The Hall–Kier alpha value is -1.38. The normalized spacial score (nSPS) is 14.4. The summed E-state index contributed by atoms with van der Waals surface area (Å²) in [7, 11) is 0. The molecule has 0 aliphatic carbocycles. The molecule has 0 unspecified atom stereocenters. The van der Waals surface area contributed by atoms with Crippen LogP contribution in [-0.4, -0.2) is 41.9 Å². The van der Waals surface area contributed by atoms with Crippen molar-refractivity contribution in [1.82, 2.24) is 9.80 Å². The van der Waals surface area contributed by atoms with Gasteiger partial charge >= 0.3 is 0 Å². The molecule has 0 spiro atoms. The third kappa shape index (κ3) is 5.96. The fourth-order valence-electron chi connectivity index (χ4n) is 3.58. The Morgan fingerprint density at radius 3 is 2.14 bits per heavy atom. The second-order valence-electron chi connectivity index (χ2n) is 7.76. The van der Waals surface area contributed by atoms with Crippen LogP contribution in [0.15, 0.2) is 34.7 Å². The molecule has 0 atom stereocenters. The van der Waals surface area contributed by atoms with E-state index in [0.717, 1.165) is 5.56 Å². The van der Waals surface area contributed by atoms with E-state index in [1.54, 1.807) is 23.1 Å². The van der Waals surface area contributed by atoms with Crippen molar-refractivity contribution in [3.8, 4) is 5.75 Å². The molecule has 1 amide bonds. The summed E-state index contributed by atoms with van der Waals surface area (Å²) in [4.78, 5) is 16.8. The molecule has 4 rings (SSSR count). The van der Waals surface area contributed by atoms with E-state index in [0.29, 0.717) is 43.5 Å². The number of piperazine rings is 1. The van der Waals surface area contributed by atoms with Crippen molar-refractivity contribution in [3.63, 3.8) is 0 Å². The standard InChI is InChI=1S/C23H17Cl6FN2O3/c24-15-9-13(30)2-1-12(15)10-31-5-7-32(8-6-31)23(33)16-4-3-14(35-16)11-34-22-20(28)18(26)17(25)19(27)21(22)29/h1-4,9H,5-8,10-11H2. The van der Waals surface area contributed by atoms with Crippen molar-refractivity contribution in [3.05, 3.63) is 83.4 Å². The minimum atomic E-state index is -0.371. The highest BCUT2D eigenvalue weighted by Gasteiger charge is 2.25. The molecule has 1 aliphatic rings. The molecule has 1 aromatic heterocycles. The number of nitrogens with zero attached hydrogens (tertiary/aromatic N) is 2. The molecule has 0 N–H and O–H groups in total. The van der Waals surface area contributed by atoms with Gasteiger partial charge in [0, 0.05) is 37.7 Å². The third-order valence-corrected chi connectivity index (χ3v) is 8.06. The molecule has 0 radical (unpaired) electrons. The molecular formula is C23H17Cl6FN2O3. The summed E-state index contributed by atoms with van der Waals surface area (Å²) in [5.74, 6) is 0.0263. The number of hydrogen-bond acceptors (Lipinski definition) is 4. The first kappa shape index (κ1) is 26.7. The summed E-state index contributed by atoms with van der Waals surface area (Å²) in [6.07, 6.45) is 0. The first-order chi connectivity index (χ1) is 16.7. The Morgan fingerprint density at radius 1 is 0.886 bits per heavy atom. The summed E-state index contributed by atoms with van der Waals surface area (Å²) in [6.45, 7) is 2.82. The van der Waals surface area contributed by atoms with Crippen molar-refractivity contribution in [2.45, 2.75) is 13.2 Å². The molecule has 2 aromatic carbocycles. The lowest BCUT2D eigenvalue weighted by Crippen LogP contribution is -2.48. The van der Waals surface area contributed by atoms with E-state index in [-0.39, 0.29) is 55.0 Å². The Morgan fingerprint density at radius 2 is 1.51 bits per heavy atom. The van der Waals surface area contributed by atoms with E-state index in [2.05, 4.69) is 4.90 Å². The number of halogens is 7. The van der Waals surface area contributed by atoms with Gasteiger partial charge in [-0.1, -0.05) is 75.7 Å². The SMILES string of the molecule is O=C(c1ccc(COc2c(Cl)c(Cl)c(Cl)c(Cl)c2Cl)o1)N1CCN(Cc2ccc(F)cc2Cl)CC1. The maximum absolute atomic E-state index is 13.3. The van der Waals surface area contributed by atoms with Crippen LogP contribution in [0.4, 0.5) is 4.39 Å². The molecule has 0 bridgehead atoms. The van der Waals surface area contributed by atoms with Crippen LogP contribution < -0.4 is 4.74 Å². The number of carbonyl (C=O) groups excluding carboxylic acids is 1. The summed E-state index contributed by atoms with van der Waals surface area (Å²) in [5, 5.41) is 0.507. The monoisotopic (exact) mass is 598 g/mol. The van der Waals surface area contributed by atoms with Crippen LogP contribution in [0.3, 0.4) is 0 Å². The number of benzene rings is 2. The molecule has 0 saturated carbocycles. The lowest BCUT2D eigenvalue weighted by Gasteiger charge is -2.34. The molecule has 35 heavy (non-hydrogen) atoms. The van der Waals surface area contributed by atoms with Crippen molar-refractivity contribution < 1.29 is 18.3 Å². The quantitative estimate of drug-likeness (QED) is 0.213. The second kappa shape index (κ2) is 11.3. The smallest absolute Gasteiger partial charge is 0.289 e. The maximum Gasteiger partial charge on any atom is 0.289 e. The second-order valence-corrected chi connectivity index (χ2v) is 10.1. The van der Waals surface area contributed by atoms with Crippen molar-refractivity contribution in [1.29, 1.82) is 0 Å². The highest BCUT2D eigenvalue weighted by atomic mass is 35.5. The molecule has 1 fully saturated rings. The predicted molar refractivity (Wildman–Crippen MR) is 137 cm³/mol. The van der Waals surface area contributed by atoms with Gasteiger partial charge in [-0.15, -0.1) is 0 Å². The lowest BCUT2D eigenvalue weighted by atomic mass is 10.2. The van der Waals surface area contributed by atoms with E-state index < -0.39 is 0 Å². The number of rotatable bonds is 6. The van der Waals surface area contributed by atoms with Gasteiger partial charge in [0.15, 0.2) is 11.5 Å². The van der Waals surface area contributed by atoms with Crippen LogP contribution in [0.1, 0.15) is 21.9 Å². The Bertz CT molecular complexity index is 1230. The Balaban J connectivity index is 1.34. The topological polar surface area (TPSA) is 45.9 Å². The largest absolute Gasteiger partial charge is 0.482 e. The molecule has 2 heterocycles.